The molecule has 0 bridgehead atoms. The molecular weight excluding hydrogens is 404 g/mol. The van der Waals surface area contributed by atoms with Crippen molar-refractivity contribution in [3.8, 4) is 0 Å². The Kier molecular flexibility index (Phi) is 11.9. The summed E-state index contributed by atoms with van der Waals surface area (Å²) in [6.07, 6.45) is 2.03. The van der Waals surface area contributed by atoms with Crippen molar-refractivity contribution in [3.63, 3.8) is 0 Å². The first-order chi connectivity index (χ1) is 14.2. The number of ether oxygens (including phenoxy) is 1. The van der Waals surface area contributed by atoms with E-state index in [1.54, 1.807) is 20.8 Å². The van der Waals surface area contributed by atoms with Crippen LogP contribution in [0.4, 0.5) is 4.79 Å². The molecule has 0 fully saturated rings. The van der Waals surface area contributed by atoms with Gasteiger partial charge in [-0.25, -0.2) is 4.79 Å². The van der Waals surface area contributed by atoms with Crippen LogP contribution in [0.5, 0.6) is 0 Å². The summed E-state index contributed by atoms with van der Waals surface area (Å²) in [5, 5.41) is 2.58. The Balaban J connectivity index is 2.56. The lowest BCUT2D eigenvalue weighted by Gasteiger charge is -2.23. The van der Waals surface area contributed by atoms with E-state index in [1.807, 2.05) is 30.3 Å². The van der Waals surface area contributed by atoms with Crippen molar-refractivity contribution in [2.24, 2.45) is 5.73 Å². The van der Waals surface area contributed by atoms with Crippen molar-refractivity contribution >= 4 is 29.7 Å². The number of hydrazine groups is 1. The van der Waals surface area contributed by atoms with Gasteiger partial charge in [-0.05, 0) is 45.7 Å². The monoisotopic (exact) mass is 438 g/mol. The lowest BCUT2D eigenvalue weighted by molar-refractivity contribution is -0.129. The number of benzene rings is 1. The number of rotatable bonds is 11. The highest BCUT2D eigenvalue weighted by atomic mass is 32.2. The van der Waals surface area contributed by atoms with Crippen LogP contribution in [-0.4, -0.2) is 41.8 Å². The molecule has 0 aliphatic carbocycles. The minimum absolute atomic E-state index is 0.284. The standard InChI is InChI=1S/C21H34N4O4S/c1-21(2,3)29-20(28)23-17(15-30-14-16-10-6-4-7-11-16)19(27)25-24-18(26)12-8-5-9-13-22/h4,6-7,10-11,17H,5,8-9,12-15,22H2,1-3H3,(H,23,28)(H,24,26)(H,25,27)/t17-/m1/s1. The zero-order chi connectivity index (χ0) is 22.4. The third-order valence-corrected chi connectivity index (χ3v) is 4.94. The predicted octanol–water partition coefficient (Wildman–Crippen LogP) is 2.48. The number of nitrogens with one attached hydrogen (secondary N) is 3. The molecule has 0 heterocycles. The highest BCUT2D eigenvalue weighted by Gasteiger charge is 2.24. The van der Waals surface area contributed by atoms with Crippen LogP contribution in [0.1, 0.15) is 52.0 Å². The van der Waals surface area contributed by atoms with Crippen LogP contribution in [0.25, 0.3) is 0 Å². The fourth-order valence-corrected chi connectivity index (χ4v) is 3.41. The van der Waals surface area contributed by atoms with Crippen LogP contribution in [0.15, 0.2) is 30.3 Å². The molecule has 8 nitrogen and oxygen atoms in total. The Morgan fingerprint density at radius 2 is 1.77 bits per heavy atom. The fraction of sp³-hybridized carbons (Fsp3) is 0.571. The maximum atomic E-state index is 12.5. The van der Waals surface area contributed by atoms with Gasteiger partial charge >= 0.3 is 6.09 Å². The zero-order valence-electron chi connectivity index (χ0n) is 18.0. The first-order valence-corrected chi connectivity index (χ1v) is 11.3. The van der Waals surface area contributed by atoms with Gasteiger partial charge in [0.15, 0.2) is 0 Å². The molecule has 3 amide bonds. The van der Waals surface area contributed by atoms with Gasteiger partial charge in [0.1, 0.15) is 11.6 Å². The largest absolute Gasteiger partial charge is 0.444 e. The van der Waals surface area contributed by atoms with Crippen molar-refractivity contribution in [3.05, 3.63) is 35.9 Å². The first-order valence-electron chi connectivity index (χ1n) is 10.1. The molecule has 0 unspecified atom stereocenters. The summed E-state index contributed by atoms with van der Waals surface area (Å²) in [5.41, 5.74) is 10.7. The third kappa shape index (κ3) is 12.3. The van der Waals surface area contributed by atoms with Crippen molar-refractivity contribution < 1.29 is 19.1 Å². The summed E-state index contributed by atoms with van der Waals surface area (Å²) < 4.78 is 5.25. The normalized spacial score (nSPS) is 12.0. The first kappa shape index (κ1) is 25.8. The Morgan fingerprint density at radius 1 is 1.07 bits per heavy atom. The molecule has 1 aromatic rings. The van der Waals surface area contributed by atoms with Gasteiger partial charge < -0.3 is 15.8 Å². The molecule has 5 N–H and O–H groups in total. The van der Waals surface area contributed by atoms with Crippen molar-refractivity contribution in [2.75, 3.05) is 12.3 Å². The van der Waals surface area contributed by atoms with Crippen molar-refractivity contribution in [1.29, 1.82) is 0 Å². The second-order valence-electron chi connectivity index (χ2n) is 7.84. The Morgan fingerprint density at radius 3 is 2.40 bits per heavy atom. The van der Waals surface area contributed by atoms with E-state index in [4.69, 9.17) is 10.5 Å². The Hall–Kier alpha value is -2.26. The van der Waals surface area contributed by atoms with E-state index in [0.717, 1.165) is 18.4 Å². The average Bonchev–Trinajstić information content (AvgIpc) is 2.68. The molecule has 0 aliphatic heterocycles. The van der Waals surface area contributed by atoms with E-state index in [-0.39, 0.29) is 5.91 Å². The summed E-state index contributed by atoms with van der Waals surface area (Å²) in [6, 6.07) is 8.96. The second-order valence-corrected chi connectivity index (χ2v) is 8.87. The number of thioether (sulfide) groups is 1. The van der Waals surface area contributed by atoms with E-state index in [2.05, 4.69) is 16.2 Å². The number of hydrogen-bond acceptors (Lipinski definition) is 6. The number of carbonyl (C=O) groups is 3. The number of nitrogens with two attached hydrogens (primary N) is 1. The van der Waals surface area contributed by atoms with Gasteiger partial charge in [0.05, 0.1) is 0 Å². The molecule has 0 radical (unpaired) electrons. The van der Waals surface area contributed by atoms with E-state index in [0.29, 0.717) is 30.9 Å². The molecule has 1 rings (SSSR count). The molecule has 0 spiro atoms. The summed E-state index contributed by atoms with van der Waals surface area (Å²) in [7, 11) is 0. The van der Waals surface area contributed by atoms with Crippen LogP contribution >= 0.6 is 11.8 Å². The van der Waals surface area contributed by atoms with Crippen LogP contribution < -0.4 is 21.9 Å². The van der Waals surface area contributed by atoms with Gasteiger partial charge in [0.25, 0.3) is 5.91 Å². The Labute approximate surface area is 183 Å². The number of alkyl carbamates (subject to hydrolysis) is 1. The van der Waals surface area contributed by atoms with Crippen LogP contribution in [0, 0.1) is 0 Å². The zero-order valence-corrected chi connectivity index (χ0v) is 18.8. The lowest BCUT2D eigenvalue weighted by atomic mass is 10.2. The quantitative estimate of drug-likeness (QED) is 0.311. The summed E-state index contributed by atoms with van der Waals surface area (Å²) in [4.78, 5) is 36.5. The lowest BCUT2D eigenvalue weighted by Crippen LogP contribution is -2.54. The maximum absolute atomic E-state index is 12.5. The van der Waals surface area contributed by atoms with Crippen molar-refractivity contribution in [2.45, 2.75) is 63.9 Å². The van der Waals surface area contributed by atoms with Gasteiger partial charge in [0.2, 0.25) is 5.91 Å². The predicted molar refractivity (Wildman–Crippen MR) is 120 cm³/mol. The number of carbonyl (C=O) groups excluding carboxylic acids is 3. The minimum Gasteiger partial charge on any atom is -0.444 e. The number of unbranched alkanes of at least 4 members (excludes halogenated alkanes) is 2. The highest BCUT2D eigenvalue weighted by Crippen LogP contribution is 2.14. The SMILES string of the molecule is CC(C)(C)OC(=O)N[C@H](CSCc1ccccc1)C(=O)NNC(=O)CCCCCN. The summed E-state index contributed by atoms with van der Waals surface area (Å²) in [5.74, 6) is 0.227. The second kappa shape index (κ2) is 13.9. The van der Waals surface area contributed by atoms with E-state index in [1.165, 1.54) is 11.8 Å². The smallest absolute Gasteiger partial charge is 0.408 e. The van der Waals surface area contributed by atoms with Crippen molar-refractivity contribution in [1.82, 2.24) is 16.2 Å². The van der Waals surface area contributed by atoms with Gasteiger partial charge in [-0.3, -0.25) is 20.4 Å². The molecule has 0 aliphatic rings. The average molecular weight is 439 g/mol. The molecular formula is C21H34N4O4S. The summed E-state index contributed by atoms with van der Waals surface area (Å²) in [6.45, 7) is 5.83. The Bertz CT molecular complexity index is 665. The van der Waals surface area contributed by atoms with Gasteiger partial charge in [0, 0.05) is 17.9 Å². The van der Waals surface area contributed by atoms with E-state index < -0.39 is 23.6 Å². The van der Waals surface area contributed by atoms with Gasteiger partial charge in [-0.1, -0.05) is 36.8 Å². The molecule has 0 aromatic heterocycles. The van der Waals surface area contributed by atoms with E-state index in [9.17, 15) is 14.4 Å². The van der Waals surface area contributed by atoms with Gasteiger partial charge in [-0.2, -0.15) is 11.8 Å². The molecule has 9 heteroatoms. The van der Waals surface area contributed by atoms with Crippen LogP contribution in [-0.2, 0) is 20.1 Å². The molecule has 1 atom stereocenters. The topological polar surface area (TPSA) is 123 Å². The molecule has 0 saturated carbocycles. The third-order valence-electron chi connectivity index (χ3n) is 3.84. The number of hydrogen-bond donors (Lipinski definition) is 4. The summed E-state index contributed by atoms with van der Waals surface area (Å²) >= 11 is 1.50. The maximum Gasteiger partial charge on any atom is 0.408 e. The minimum atomic E-state index is -0.855. The number of amides is 3. The molecule has 1 aromatic carbocycles. The molecule has 30 heavy (non-hydrogen) atoms. The van der Waals surface area contributed by atoms with E-state index >= 15 is 0 Å². The van der Waals surface area contributed by atoms with Gasteiger partial charge in [-0.15, -0.1) is 0 Å². The van der Waals surface area contributed by atoms with Crippen LogP contribution in [0.2, 0.25) is 0 Å². The van der Waals surface area contributed by atoms with Crippen LogP contribution in [0.3, 0.4) is 0 Å². The fourth-order valence-electron chi connectivity index (χ4n) is 2.39. The highest BCUT2D eigenvalue weighted by molar-refractivity contribution is 7.98. The molecule has 0 saturated heterocycles. The molecule has 168 valence electrons.